The molecule has 2 amide bonds. The van der Waals surface area contributed by atoms with Crippen LogP contribution >= 0.6 is 23.2 Å². The summed E-state index contributed by atoms with van der Waals surface area (Å²) in [5, 5.41) is 8.23. The van der Waals surface area contributed by atoms with Crippen LogP contribution in [0, 0.1) is 5.82 Å². The fourth-order valence-electron chi connectivity index (χ4n) is 2.99. The van der Waals surface area contributed by atoms with E-state index in [2.05, 4.69) is 0 Å². The highest BCUT2D eigenvalue weighted by molar-refractivity contribution is 6.43. The molecule has 0 unspecified atom stereocenters. The Bertz CT molecular complexity index is 848. The summed E-state index contributed by atoms with van der Waals surface area (Å²) < 4.78 is 14.4. The van der Waals surface area contributed by atoms with E-state index >= 15 is 0 Å². The quantitative estimate of drug-likeness (QED) is 0.634. The van der Waals surface area contributed by atoms with Crippen LogP contribution in [0.15, 0.2) is 28.3 Å². The smallest absolute Gasteiger partial charge is 0.347 e. The van der Waals surface area contributed by atoms with Gasteiger partial charge in [0.2, 0.25) is 0 Å². The summed E-state index contributed by atoms with van der Waals surface area (Å²) in [5.74, 6) is -3.32. The standard InChI is InChI=1S/C17H12Cl2FNO4/c18-11-7-13(20)14(6-8(11)5-12(19)17(24)25)21-15(22)9-3-1-2-4-10(9)16(21)23/h5-7H,1-4H2,(H,24,25). The molecule has 2 aliphatic rings. The van der Waals surface area contributed by atoms with Crippen molar-refractivity contribution in [3.05, 3.63) is 44.7 Å². The molecule has 1 aliphatic heterocycles. The van der Waals surface area contributed by atoms with Gasteiger partial charge in [-0.2, -0.15) is 0 Å². The van der Waals surface area contributed by atoms with E-state index in [1.54, 1.807) is 0 Å². The molecule has 8 heteroatoms. The Hall–Kier alpha value is -2.18. The number of carboxylic acids is 1. The maximum Gasteiger partial charge on any atom is 0.347 e. The molecule has 5 nitrogen and oxygen atoms in total. The summed E-state index contributed by atoms with van der Waals surface area (Å²) in [5.41, 5.74) is 0.670. The van der Waals surface area contributed by atoms with Crippen LogP contribution in [0.2, 0.25) is 5.02 Å². The Balaban J connectivity index is 2.07. The molecule has 3 rings (SSSR count). The Labute approximate surface area is 152 Å². The highest BCUT2D eigenvalue weighted by atomic mass is 35.5. The van der Waals surface area contributed by atoms with Gasteiger partial charge in [0, 0.05) is 11.1 Å². The van der Waals surface area contributed by atoms with Crippen LogP contribution in [-0.2, 0) is 14.4 Å². The minimum atomic E-state index is -1.38. The van der Waals surface area contributed by atoms with Crippen LogP contribution in [0.1, 0.15) is 31.2 Å². The molecule has 25 heavy (non-hydrogen) atoms. The maximum atomic E-state index is 14.4. The molecular formula is C17H12Cl2FNO4. The van der Waals surface area contributed by atoms with Gasteiger partial charge in [-0.1, -0.05) is 23.2 Å². The lowest BCUT2D eigenvalue weighted by Crippen LogP contribution is -2.32. The van der Waals surface area contributed by atoms with Gasteiger partial charge in [0.15, 0.2) is 0 Å². The van der Waals surface area contributed by atoms with Crippen LogP contribution in [0.3, 0.4) is 0 Å². The van der Waals surface area contributed by atoms with Crippen molar-refractivity contribution in [3.63, 3.8) is 0 Å². The number of carboxylic acid groups (broad SMARTS) is 1. The third-order valence-corrected chi connectivity index (χ3v) is 4.78. The van der Waals surface area contributed by atoms with Gasteiger partial charge < -0.3 is 5.11 Å². The predicted octanol–water partition coefficient (Wildman–Crippen LogP) is 3.89. The average Bonchev–Trinajstić information content (AvgIpc) is 2.82. The minimum Gasteiger partial charge on any atom is -0.477 e. The van der Waals surface area contributed by atoms with Crippen LogP contribution in [0.4, 0.5) is 10.1 Å². The summed E-state index contributed by atoms with van der Waals surface area (Å²) in [6.45, 7) is 0. The van der Waals surface area contributed by atoms with Gasteiger partial charge in [0.1, 0.15) is 10.8 Å². The Morgan fingerprint density at radius 1 is 1.16 bits per heavy atom. The largest absolute Gasteiger partial charge is 0.477 e. The van der Waals surface area contributed by atoms with E-state index in [4.69, 9.17) is 28.3 Å². The van der Waals surface area contributed by atoms with Crippen LogP contribution in [0.25, 0.3) is 6.08 Å². The van der Waals surface area contributed by atoms with Crippen molar-refractivity contribution in [2.24, 2.45) is 0 Å². The van der Waals surface area contributed by atoms with Crippen molar-refractivity contribution in [1.29, 1.82) is 0 Å². The van der Waals surface area contributed by atoms with Crippen molar-refractivity contribution < 1.29 is 23.9 Å². The van der Waals surface area contributed by atoms with Crippen LogP contribution in [-0.4, -0.2) is 22.9 Å². The Morgan fingerprint density at radius 3 is 2.24 bits per heavy atom. The first kappa shape index (κ1) is 17.6. The van der Waals surface area contributed by atoms with Crippen molar-refractivity contribution in [1.82, 2.24) is 0 Å². The van der Waals surface area contributed by atoms with Crippen molar-refractivity contribution >= 4 is 52.7 Å². The first-order valence-electron chi connectivity index (χ1n) is 7.51. The number of carbonyl (C=O) groups excluding carboxylic acids is 2. The zero-order chi connectivity index (χ0) is 18.3. The first-order valence-corrected chi connectivity index (χ1v) is 8.27. The van der Waals surface area contributed by atoms with E-state index in [1.165, 1.54) is 0 Å². The number of imide groups is 1. The van der Waals surface area contributed by atoms with Gasteiger partial charge in [-0.05, 0) is 49.5 Å². The summed E-state index contributed by atoms with van der Waals surface area (Å²) >= 11 is 11.5. The highest BCUT2D eigenvalue weighted by Crippen LogP contribution is 2.38. The van der Waals surface area contributed by atoms with Gasteiger partial charge in [0.25, 0.3) is 11.8 Å². The number of hydrogen-bond donors (Lipinski definition) is 1. The SMILES string of the molecule is O=C(O)C(Cl)=Cc1cc(N2C(=O)C3=C(CCCC3)C2=O)c(F)cc1Cl. The molecule has 1 heterocycles. The van der Waals surface area contributed by atoms with Gasteiger partial charge in [-0.25, -0.2) is 14.1 Å². The molecule has 0 fully saturated rings. The molecule has 130 valence electrons. The normalized spacial score (nSPS) is 18.0. The van der Waals surface area contributed by atoms with E-state index in [0.717, 1.165) is 36.0 Å². The van der Waals surface area contributed by atoms with Gasteiger partial charge in [-0.15, -0.1) is 0 Å². The number of hydrogen-bond acceptors (Lipinski definition) is 3. The van der Waals surface area contributed by atoms with Crippen LogP contribution in [0.5, 0.6) is 0 Å². The van der Waals surface area contributed by atoms with E-state index in [-0.39, 0.29) is 16.3 Å². The highest BCUT2D eigenvalue weighted by Gasteiger charge is 2.40. The number of halogens is 3. The van der Waals surface area contributed by atoms with Crippen molar-refractivity contribution in [2.45, 2.75) is 25.7 Å². The number of benzene rings is 1. The number of rotatable bonds is 3. The molecule has 0 saturated heterocycles. The molecule has 1 aliphatic carbocycles. The molecule has 1 aromatic carbocycles. The second-order valence-corrected chi connectivity index (χ2v) is 6.55. The van der Waals surface area contributed by atoms with E-state index in [0.29, 0.717) is 24.0 Å². The van der Waals surface area contributed by atoms with Gasteiger partial charge in [-0.3, -0.25) is 9.59 Å². The number of nitrogens with zero attached hydrogens (tertiary/aromatic N) is 1. The van der Waals surface area contributed by atoms with E-state index < -0.39 is 28.6 Å². The molecule has 0 bridgehead atoms. The third kappa shape index (κ3) is 3.07. The minimum absolute atomic E-state index is 0.0857. The molecule has 0 saturated carbocycles. The summed E-state index contributed by atoms with van der Waals surface area (Å²) in [6.07, 6.45) is 3.62. The zero-order valence-electron chi connectivity index (χ0n) is 12.8. The van der Waals surface area contributed by atoms with Crippen LogP contribution < -0.4 is 4.90 Å². The third-order valence-electron chi connectivity index (χ3n) is 4.18. The predicted molar refractivity (Wildman–Crippen MR) is 90.9 cm³/mol. The second-order valence-electron chi connectivity index (χ2n) is 5.73. The van der Waals surface area contributed by atoms with Crippen molar-refractivity contribution in [2.75, 3.05) is 4.90 Å². The fourth-order valence-corrected chi connectivity index (χ4v) is 3.31. The summed E-state index contributed by atoms with van der Waals surface area (Å²) in [7, 11) is 0. The second kappa shape index (κ2) is 6.61. The summed E-state index contributed by atoms with van der Waals surface area (Å²) in [4.78, 5) is 36.7. The number of aliphatic carboxylic acids is 1. The zero-order valence-corrected chi connectivity index (χ0v) is 14.3. The topological polar surface area (TPSA) is 74.7 Å². The maximum absolute atomic E-state index is 14.4. The van der Waals surface area contributed by atoms with E-state index in [1.807, 2.05) is 0 Å². The molecule has 0 atom stereocenters. The monoisotopic (exact) mass is 383 g/mol. The molecule has 0 spiro atoms. The molecule has 1 aromatic rings. The number of carbonyl (C=O) groups is 3. The van der Waals surface area contributed by atoms with Crippen molar-refractivity contribution in [3.8, 4) is 0 Å². The fraction of sp³-hybridized carbons (Fsp3) is 0.235. The number of anilines is 1. The lowest BCUT2D eigenvalue weighted by atomic mass is 9.93. The average molecular weight is 384 g/mol. The molecule has 0 radical (unpaired) electrons. The molecule has 1 N–H and O–H groups in total. The molecule has 0 aromatic heterocycles. The lowest BCUT2D eigenvalue weighted by Gasteiger charge is -2.17. The first-order chi connectivity index (χ1) is 11.8. The Morgan fingerprint density at radius 2 is 1.72 bits per heavy atom. The lowest BCUT2D eigenvalue weighted by molar-refractivity contribution is -0.131. The Kier molecular flexibility index (Phi) is 4.67. The summed E-state index contributed by atoms with van der Waals surface area (Å²) in [6, 6.07) is 2.07. The van der Waals surface area contributed by atoms with Gasteiger partial charge in [0.05, 0.1) is 10.7 Å². The number of amides is 2. The van der Waals surface area contributed by atoms with Gasteiger partial charge >= 0.3 is 5.97 Å². The van der Waals surface area contributed by atoms with E-state index in [9.17, 15) is 18.8 Å². The molecular weight excluding hydrogens is 372 g/mol.